The molecule has 2 aromatic rings. The average molecular weight is 251 g/mol. The predicted molar refractivity (Wildman–Crippen MR) is 66.6 cm³/mol. The lowest BCUT2D eigenvalue weighted by Crippen LogP contribution is -2.14. The number of nitrogen functional groups attached to an aromatic ring is 1. The Morgan fingerprint density at radius 1 is 1.24 bits per heavy atom. The Labute approximate surface area is 103 Å². The van der Waals surface area contributed by atoms with Crippen LogP contribution < -0.4 is 10.8 Å². The van der Waals surface area contributed by atoms with Crippen LogP contribution in [0.4, 0.5) is 17.3 Å². The Balaban J connectivity index is 2.48. The first-order chi connectivity index (χ1) is 8.09. The lowest BCUT2D eigenvalue weighted by Gasteiger charge is -2.17. The first-order valence-electron chi connectivity index (χ1n) is 4.93. The van der Waals surface area contributed by atoms with Crippen molar-refractivity contribution in [3.63, 3.8) is 0 Å². The fourth-order valence-corrected chi connectivity index (χ4v) is 1.56. The smallest absolute Gasteiger partial charge is 0.182 e. The minimum atomic E-state index is 0.127. The number of anilines is 3. The standard InChI is InChI=1S/C11H11ClN4O/c1-7-14-10(13)9(12)11(15-7)16(17)8-5-3-2-4-6-8/h2-6,17H,1H3,(H2,13,14,15). The molecule has 0 saturated heterocycles. The number of hydrogen-bond donors (Lipinski definition) is 2. The van der Waals surface area contributed by atoms with E-state index >= 15 is 0 Å². The molecule has 0 saturated carbocycles. The Morgan fingerprint density at radius 2 is 1.88 bits per heavy atom. The molecular formula is C11H11ClN4O. The molecule has 0 aliphatic heterocycles. The summed E-state index contributed by atoms with van der Waals surface area (Å²) in [4.78, 5) is 7.97. The molecule has 0 amide bonds. The second-order valence-electron chi connectivity index (χ2n) is 3.44. The molecule has 1 aromatic heterocycles. The fraction of sp³-hybridized carbons (Fsp3) is 0.0909. The Hall–Kier alpha value is -1.85. The number of para-hydroxylation sites is 1. The van der Waals surface area contributed by atoms with Gasteiger partial charge in [-0.25, -0.2) is 15.0 Å². The quantitative estimate of drug-likeness (QED) is 0.801. The molecule has 0 aliphatic rings. The molecule has 0 radical (unpaired) electrons. The van der Waals surface area contributed by atoms with Gasteiger partial charge in [-0.3, -0.25) is 5.21 Å². The molecule has 17 heavy (non-hydrogen) atoms. The van der Waals surface area contributed by atoms with Crippen LogP contribution in [0.1, 0.15) is 5.82 Å². The van der Waals surface area contributed by atoms with Crippen LogP contribution in [0, 0.1) is 6.92 Å². The lowest BCUT2D eigenvalue weighted by molar-refractivity contribution is 0.297. The third-order valence-electron chi connectivity index (χ3n) is 2.17. The molecule has 0 fully saturated rings. The number of rotatable bonds is 2. The van der Waals surface area contributed by atoms with E-state index in [1.165, 1.54) is 0 Å². The Bertz CT molecular complexity index is 532. The minimum Gasteiger partial charge on any atom is -0.382 e. The van der Waals surface area contributed by atoms with Gasteiger partial charge >= 0.3 is 0 Å². The van der Waals surface area contributed by atoms with E-state index in [2.05, 4.69) is 9.97 Å². The van der Waals surface area contributed by atoms with Crippen molar-refractivity contribution in [1.29, 1.82) is 0 Å². The highest BCUT2D eigenvalue weighted by atomic mass is 35.5. The van der Waals surface area contributed by atoms with E-state index in [4.69, 9.17) is 17.3 Å². The third-order valence-corrected chi connectivity index (χ3v) is 2.54. The van der Waals surface area contributed by atoms with Gasteiger partial charge in [0.1, 0.15) is 16.7 Å². The van der Waals surface area contributed by atoms with Crippen LogP contribution in [0.2, 0.25) is 5.02 Å². The summed E-state index contributed by atoms with van der Waals surface area (Å²) in [5.41, 5.74) is 6.16. The first-order valence-corrected chi connectivity index (χ1v) is 5.31. The van der Waals surface area contributed by atoms with Crippen LogP contribution in [0.5, 0.6) is 0 Å². The average Bonchev–Trinajstić information content (AvgIpc) is 2.34. The van der Waals surface area contributed by atoms with Gasteiger partial charge in [-0.15, -0.1) is 0 Å². The Kier molecular flexibility index (Phi) is 3.12. The third kappa shape index (κ3) is 2.30. The van der Waals surface area contributed by atoms with E-state index in [1.54, 1.807) is 31.2 Å². The van der Waals surface area contributed by atoms with Crippen LogP contribution in [-0.4, -0.2) is 15.2 Å². The zero-order chi connectivity index (χ0) is 12.4. The van der Waals surface area contributed by atoms with Crippen LogP contribution in [-0.2, 0) is 0 Å². The molecule has 6 heteroatoms. The highest BCUT2D eigenvalue weighted by Crippen LogP contribution is 2.31. The van der Waals surface area contributed by atoms with Crippen LogP contribution in [0.15, 0.2) is 30.3 Å². The monoisotopic (exact) mass is 250 g/mol. The van der Waals surface area contributed by atoms with Gasteiger partial charge in [-0.05, 0) is 19.1 Å². The first kappa shape index (κ1) is 11.6. The molecular weight excluding hydrogens is 240 g/mol. The predicted octanol–water partition coefficient (Wildman–Crippen LogP) is 2.55. The number of nitrogens with two attached hydrogens (primary N) is 1. The molecule has 1 heterocycles. The van der Waals surface area contributed by atoms with Crippen LogP contribution in [0.3, 0.4) is 0 Å². The van der Waals surface area contributed by atoms with Gasteiger partial charge in [0.25, 0.3) is 0 Å². The summed E-state index contributed by atoms with van der Waals surface area (Å²) in [6.45, 7) is 1.68. The van der Waals surface area contributed by atoms with Crippen molar-refractivity contribution in [2.24, 2.45) is 0 Å². The SMILES string of the molecule is Cc1nc(N)c(Cl)c(N(O)c2ccccc2)n1. The van der Waals surface area contributed by atoms with E-state index < -0.39 is 0 Å². The molecule has 5 nitrogen and oxygen atoms in total. The van der Waals surface area contributed by atoms with Crippen molar-refractivity contribution >= 4 is 28.9 Å². The summed E-state index contributed by atoms with van der Waals surface area (Å²) in [6.07, 6.45) is 0. The highest BCUT2D eigenvalue weighted by molar-refractivity contribution is 6.35. The minimum absolute atomic E-state index is 0.127. The zero-order valence-electron chi connectivity index (χ0n) is 9.13. The molecule has 0 spiro atoms. The topological polar surface area (TPSA) is 75.3 Å². The summed E-state index contributed by atoms with van der Waals surface area (Å²) >= 11 is 5.96. The number of aryl methyl sites for hydroxylation is 1. The number of nitrogens with zero attached hydrogens (tertiary/aromatic N) is 3. The van der Waals surface area contributed by atoms with Gasteiger partial charge in [0.15, 0.2) is 5.82 Å². The van der Waals surface area contributed by atoms with Gasteiger partial charge in [0, 0.05) is 0 Å². The van der Waals surface area contributed by atoms with E-state index in [0.717, 1.165) is 5.06 Å². The van der Waals surface area contributed by atoms with Crippen molar-refractivity contribution in [1.82, 2.24) is 9.97 Å². The molecule has 88 valence electrons. The Morgan fingerprint density at radius 3 is 2.53 bits per heavy atom. The number of hydrogen-bond acceptors (Lipinski definition) is 5. The zero-order valence-corrected chi connectivity index (χ0v) is 9.89. The van der Waals surface area contributed by atoms with Gasteiger partial charge in [0.05, 0.1) is 5.69 Å². The van der Waals surface area contributed by atoms with E-state index in [9.17, 15) is 5.21 Å². The van der Waals surface area contributed by atoms with Crippen molar-refractivity contribution in [3.8, 4) is 0 Å². The van der Waals surface area contributed by atoms with Gasteiger partial charge in [0.2, 0.25) is 0 Å². The molecule has 0 bridgehead atoms. The summed E-state index contributed by atoms with van der Waals surface area (Å²) in [7, 11) is 0. The number of benzene rings is 1. The van der Waals surface area contributed by atoms with Crippen molar-refractivity contribution in [2.45, 2.75) is 6.92 Å². The summed E-state index contributed by atoms with van der Waals surface area (Å²) in [6, 6.07) is 8.89. The summed E-state index contributed by atoms with van der Waals surface area (Å²) < 4.78 is 0. The molecule has 0 atom stereocenters. The second-order valence-corrected chi connectivity index (χ2v) is 3.82. The maximum Gasteiger partial charge on any atom is 0.182 e. The molecule has 1 aromatic carbocycles. The van der Waals surface area contributed by atoms with Crippen LogP contribution >= 0.6 is 11.6 Å². The molecule has 2 rings (SSSR count). The maximum atomic E-state index is 10.0. The summed E-state index contributed by atoms with van der Waals surface area (Å²) in [5.74, 6) is 0.754. The van der Waals surface area contributed by atoms with E-state index in [0.29, 0.717) is 11.5 Å². The van der Waals surface area contributed by atoms with Crippen molar-refractivity contribution < 1.29 is 5.21 Å². The van der Waals surface area contributed by atoms with E-state index in [1.807, 2.05) is 6.07 Å². The lowest BCUT2D eigenvalue weighted by atomic mass is 10.3. The van der Waals surface area contributed by atoms with Gasteiger partial charge < -0.3 is 5.73 Å². The fourth-order valence-electron chi connectivity index (χ4n) is 1.40. The second kappa shape index (κ2) is 4.57. The molecule has 0 unspecified atom stereocenters. The molecule has 0 aliphatic carbocycles. The summed E-state index contributed by atoms with van der Waals surface area (Å²) in [5, 5.41) is 11.0. The van der Waals surface area contributed by atoms with Gasteiger partial charge in [-0.1, -0.05) is 29.8 Å². The number of aromatic nitrogens is 2. The maximum absolute atomic E-state index is 10.0. The van der Waals surface area contributed by atoms with Crippen molar-refractivity contribution in [3.05, 3.63) is 41.2 Å². The largest absolute Gasteiger partial charge is 0.382 e. The van der Waals surface area contributed by atoms with Crippen LogP contribution in [0.25, 0.3) is 0 Å². The van der Waals surface area contributed by atoms with Crippen molar-refractivity contribution in [2.75, 3.05) is 10.8 Å². The number of halogens is 1. The van der Waals surface area contributed by atoms with Gasteiger partial charge in [-0.2, -0.15) is 0 Å². The molecule has 3 N–H and O–H groups in total. The normalized spacial score (nSPS) is 10.3. The van der Waals surface area contributed by atoms with E-state index in [-0.39, 0.29) is 16.7 Å². The highest BCUT2D eigenvalue weighted by Gasteiger charge is 2.15.